The molecule has 0 nitrogen and oxygen atoms in total. The molecular formula is C18H20S. The van der Waals surface area contributed by atoms with Crippen LogP contribution in [0.2, 0.25) is 0 Å². The Balaban J connectivity index is 2.19. The van der Waals surface area contributed by atoms with Gasteiger partial charge in [-0.15, -0.1) is 11.8 Å². The maximum atomic E-state index is 2.34. The maximum absolute atomic E-state index is 2.34. The molecule has 0 spiro atoms. The highest BCUT2D eigenvalue weighted by Crippen LogP contribution is 2.66. The van der Waals surface area contributed by atoms with Gasteiger partial charge >= 0.3 is 0 Å². The molecule has 2 aromatic carbocycles. The molecule has 1 aliphatic rings. The summed E-state index contributed by atoms with van der Waals surface area (Å²) in [7, 11) is 0. The van der Waals surface area contributed by atoms with Crippen molar-refractivity contribution in [2.24, 2.45) is 5.41 Å². The van der Waals surface area contributed by atoms with Gasteiger partial charge in [-0.3, -0.25) is 0 Å². The monoisotopic (exact) mass is 268 g/mol. The van der Waals surface area contributed by atoms with Crippen molar-refractivity contribution in [1.29, 1.82) is 0 Å². The summed E-state index contributed by atoms with van der Waals surface area (Å²) in [5.41, 5.74) is 4.43. The van der Waals surface area contributed by atoms with Crippen molar-refractivity contribution in [1.82, 2.24) is 0 Å². The highest BCUT2D eigenvalue weighted by atomic mass is 32.2. The minimum absolute atomic E-state index is 0.0945. The van der Waals surface area contributed by atoms with Crippen LogP contribution in [0.5, 0.6) is 0 Å². The lowest BCUT2D eigenvalue weighted by molar-refractivity contribution is 0.312. The van der Waals surface area contributed by atoms with Crippen molar-refractivity contribution >= 4 is 11.8 Å². The summed E-state index contributed by atoms with van der Waals surface area (Å²) >= 11 is 2.01. The molecular weight excluding hydrogens is 248 g/mol. The third-order valence-electron chi connectivity index (χ3n) is 4.04. The summed E-state index contributed by atoms with van der Waals surface area (Å²) < 4.78 is 0.0945. The Hall–Kier alpha value is -1.21. The number of hydrogen-bond acceptors (Lipinski definition) is 1. The first-order chi connectivity index (χ1) is 8.95. The Morgan fingerprint density at radius 2 is 1.53 bits per heavy atom. The zero-order valence-electron chi connectivity index (χ0n) is 12.0. The van der Waals surface area contributed by atoms with E-state index in [1.54, 1.807) is 0 Å². The van der Waals surface area contributed by atoms with Gasteiger partial charge in [-0.1, -0.05) is 68.8 Å². The fraction of sp³-hybridized carbons (Fsp3) is 0.333. The van der Waals surface area contributed by atoms with E-state index >= 15 is 0 Å². The molecule has 19 heavy (non-hydrogen) atoms. The molecule has 1 atom stereocenters. The average molecular weight is 268 g/mol. The summed E-state index contributed by atoms with van der Waals surface area (Å²) in [6.07, 6.45) is 0. The Bertz CT molecular complexity index is 604. The maximum Gasteiger partial charge on any atom is 0.0763 e. The molecule has 0 aliphatic carbocycles. The molecule has 1 unspecified atom stereocenters. The van der Waals surface area contributed by atoms with Crippen molar-refractivity contribution in [3.63, 3.8) is 0 Å². The number of rotatable bonds is 1. The summed E-state index contributed by atoms with van der Waals surface area (Å²) in [5, 5.41) is 0. The van der Waals surface area contributed by atoms with E-state index in [1.807, 2.05) is 11.8 Å². The van der Waals surface area contributed by atoms with Gasteiger partial charge in [0.15, 0.2) is 0 Å². The minimum Gasteiger partial charge on any atom is -0.109 e. The lowest BCUT2D eigenvalue weighted by atomic mass is 9.70. The van der Waals surface area contributed by atoms with Crippen LogP contribution in [-0.4, -0.2) is 0 Å². The number of fused-ring (bicyclic) bond motifs is 1. The smallest absolute Gasteiger partial charge is 0.0763 e. The van der Waals surface area contributed by atoms with Crippen LogP contribution >= 0.6 is 11.8 Å². The fourth-order valence-corrected chi connectivity index (χ4v) is 4.52. The normalized spacial score (nSPS) is 21.7. The first-order valence-corrected chi connectivity index (χ1v) is 7.62. The molecule has 0 fully saturated rings. The largest absolute Gasteiger partial charge is 0.109 e. The molecule has 1 aliphatic heterocycles. The van der Waals surface area contributed by atoms with E-state index in [-0.39, 0.29) is 10.2 Å². The van der Waals surface area contributed by atoms with Crippen LogP contribution in [0.25, 0.3) is 0 Å². The van der Waals surface area contributed by atoms with Crippen LogP contribution < -0.4 is 0 Å². The van der Waals surface area contributed by atoms with Crippen molar-refractivity contribution < 1.29 is 0 Å². The quantitative estimate of drug-likeness (QED) is 0.668. The zero-order chi connectivity index (χ0) is 13.7. The molecule has 0 saturated heterocycles. The van der Waals surface area contributed by atoms with Crippen molar-refractivity contribution in [3.05, 3.63) is 65.2 Å². The van der Waals surface area contributed by atoms with Gasteiger partial charge in [0.25, 0.3) is 0 Å². The number of hydrogen-bond donors (Lipinski definition) is 0. The highest BCUT2D eigenvalue weighted by molar-refractivity contribution is 8.02. The number of thioether (sulfide) groups is 1. The Kier molecular flexibility index (Phi) is 2.79. The SMILES string of the molecule is Cc1ccc(C2(C(C)(C)C)Sc3ccccc32)cc1. The lowest BCUT2D eigenvalue weighted by Gasteiger charge is -2.52. The predicted molar refractivity (Wildman–Crippen MR) is 83.7 cm³/mol. The average Bonchev–Trinajstić information content (AvgIpc) is 2.31. The topological polar surface area (TPSA) is 0 Å². The standard InChI is InChI=1S/C18H20S/c1-13-9-11-14(12-10-13)18(17(2,3)4)15-7-5-6-8-16(15)19-18/h5-12H,1-4H3. The van der Waals surface area contributed by atoms with Crippen LogP contribution in [0, 0.1) is 12.3 Å². The van der Waals surface area contributed by atoms with Gasteiger partial charge in [-0.05, 0) is 29.5 Å². The van der Waals surface area contributed by atoms with Crippen molar-refractivity contribution in [3.8, 4) is 0 Å². The highest BCUT2D eigenvalue weighted by Gasteiger charge is 2.53. The molecule has 1 heteroatoms. The van der Waals surface area contributed by atoms with Gasteiger partial charge in [0.1, 0.15) is 0 Å². The number of aryl methyl sites for hydroxylation is 1. The first kappa shape index (κ1) is 12.8. The van der Waals surface area contributed by atoms with Gasteiger partial charge in [-0.2, -0.15) is 0 Å². The molecule has 0 aromatic heterocycles. The van der Waals surface area contributed by atoms with Gasteiger partial charge < -0.3 is 0 Å². The number of benzene rings is 2. The van der Waals surface area contributed by atoms with Gasteiger partial charge in [-0.25, -0.2) is 0 Å². The molecule has 98 valence electrons. The van der Waals surface area contributed by atoms with Gasteiger partial charge in [0, 0.05) is 4.90 Å². The molecule has 0 N–H and O–H groups in total. The van der Waals surface area contributed by atoms with Crippen LogP contribution in [-0.2, 0) is 4.75 Å². The van der Waals surface area contributed by atoms with E-state index in [1.165, 1.54) is 21.6 Å². The van der Waals surface area contributed by atoms with Gasteiger partial charge in [0.2, 0.25) is 0 Å². The molecule has 3 rings (SSSR count). The molecule has 0 radical (unpaired) electrons. The summed E-state index contributed by atoms with van der Waals surface area (Å²) in [6, 6.07) is 17.9. The Morgan fingerprint density at radius 1 is 0.895 bits per heavy atom. The third kappa shape index (κ3) is 1.75. The van der Waals surface area contributed by atoms with Crippen LogP contribution in [0.3, 0.4) is 0 Å². The molecule has 2 aromatic rings. The Labute approximate surface area is 120 Å². The molecule has 1 heterocycles. The second-order valence-electron chi connectivity index (χ2n) is 6.40. The fourth-order valence-electron chi connectivity index (χ4n) is 3.01. The third-order valence-corrected chi connectivity index (χ3v) is 5.99. The summed E-state index contributed by atoms with van der Waals surface area (Å²) in [5.74, 6) is 0. The van der Waals surface area contributed by atoms with Crippen molar-refractivity contribution in [2.45, 2.75) is 37.3 Å². The van der Waals surface area contributed by atoms with Crippen LogP contribution in [0.1, 0.15) is 37.5 Å². The summed E-state index contributed by atoms with van der Waals surface area (Å²) in [6.45, 7) is 9.18. The second kappa shape index (κ2) is 4.14. The van der Waals surface area contributed by atoms with E-state index in [0.717, 1.165) is 0 Å². The molecule has 0 bridgehead atoms. The zero-order valence-corrected chi connectivity index (χ0v) is 12.8. The second-order valence-corrected chi connectivity index (χ2v) is 7.65. The summed E-state index contributed by atoms with van der Waals surface area (Å²) in [4.78, 5) is 1.43. The van der Waals surface area contributed by atoms with E-state index in [2.05, 4.69) is 76.2 Å². The van der Waals surface area contributed by atoms with E-state index < -0.39 is 0 Å². The van der Waals surface area contributed by atoms with E-state index in [4.69, 9.17) is 0 Å². The van der Waals surface area contributed by atoms with Gasteiger partial charge in [0.05, 0.1) is 4.75 Å². The molecule has 0 amide bonds. The Morgan fingerprint density at radius 3 is 2.11 bits per heavy atom. The first-order valence-electron chi connectivity index (χ1n) is 6.81. The molecule has 0 saturated carbocycles. The predicted octanol–water partition coefficient (Wildman–Crippen LogP) is 5.39. The van der Waals surface area contributed by atoms with Crippen molar-refractivity contribution in [2.75, 3.05) is 0 Å². The van der Waals surface area contributed by atoms with E-state index in [0.29, 0.717) is 0 Å². The minimum atomic E-state index is 0.0945. The van der Waals surface area contributed by atoms with Crippen LogP contribution in [0.4, 0.5) is 0 Å². The lowest BCUT2D eigenvalue weighted by Crippen LogP contribution is -2.43. The van der Waals surface area contributed by atoms with Crippen LogP contribution in [0.15, 0.2) is 53.4 Å². The van der Waals surface area contributed by atoms with E-state index in [9.17, 15) is 0 Å².